The molecule has 0 N–H and O–H groups in total. The van der Waals surface area contributed by atoms with Gasteiger partial charge >= 0.3 is 0 Å². The Kier molecular flexibility index (Phi) is 4.28. The highest BCUT2D eigenvalue weighted by molar-refractivity contribution is 5.52. The van der Waals surface area contributed by atoms with Gasteiger partial charge in [0.15, 0.2) is 17.8 Å². The maximum atomic E-state index is 10.6. The van der Waals surface area contributed by atoms with Gasteiger partial charge in [-0.3, -0.25) is 14.9 Å². The van der Waals surface area contributed by atoms with E-state index in [0.717, 1.165) is 0 Å². The summed E-state index contributed by atoms with van der Waals surface area (Å²) in [5.74, 6) is 1.30. The Morgan fingerprint density at radius 1 is 1.05 bits per heavy atom. The molecule has 2 rings (SSSR count). The third-order valence-electron chi connectivity index (χ3n) is 2.43. The summed E-state index contributed by atoms with van der Waals surface area (Å²) in [6, 6.07) is 12.6. The van der Waals surface area contributed by atoms with Crippen LogP contribution in [-0.2, 0) is 4.79 Å². The zero-order valence-electron chi connectivity index (χ0n) is 10.4. The van der Waals surface area contributed by atoms with E-state index >= 15 is 0 Å². The fraction of sp³-hybridized carbons (Fsp3) is 0.0714. The van der Waals surface area contributed by atoms with Crippen LogP contribution in [0.15, 0.2) is 48.5 Å². The number of aldehydes is 1. The summed E-state index contributed by atoms with van der Waals surface area (Å²) in [5, 5.41) is 10.6. The van der Waals surface area contributed by atoms with Crippen LogP contribution in [0.2, 0.25) is 0 Å². The van der Waals surface area contributed by atoms with Crippen molar-refractivity contribution in [2.24, 2.45) is 0 Å². The largest absolute Gasteiger partial charge is 0.482 e. The van der Waals surface area contributed by atoms with Crippen LogP contribution < -0.4 is 9.47 Å². The monoisotopic (exact) mass is 273 g/mol. The highest BCUT2D eigenvalue weighted by atomic mass is 16.6. The van der Waals surface area contributed by atoms with Crippen molar-refractivity contribution in [1.29, 1.82) is 0 Å². The molecular weight excluding hydrogens is 262 g/mol. The summed E-state index contributed by atoms with van der Waals surface area (Å²) in [6.07, 6.45) is 0.642. The molecule has 102 valence electrons. The molecule has 0 saturated carbocycles. The molecule has 0 aliphatic rings. The first-order valence-electron chi connectivity index (χ1n) is 5.78. The molecule has 0 unspecified atom stereocenters. The molecular formula is C14H11NO5. The van der Waals surface area contributed by atoms with E-state index in [4.69, 9.17) is 9.47 Å². The molecule has 0 bridgehead atoms. The second-order valence-corrected chi connectivity index (χ2v) is 3.78. The van der Waals surface area contributed by atoms with Crippen LogP contribution in [0.25, 0.3) is 0 Å². The molecule has 6 nitrogen and oxygen atoms in total. The van der Waals surface area contributed by atoms with Crippen molar-refractivity contribution in [2.45, 2.75) is 0 Å². The second-order valence-electron chi connectivity index (χ2n) is 3.78. The van der Waals surface area contributed by atoms with E-state index in [1.165, 1.54) is 24.3 Å². The molecule has 6 heteroatoms. The maximum Gasteiger partial charge on any atom is 0.269 e. The number of hydrogen-bond donors (Lipinski definition) is 0. The van der Waals surface area contributed by atoms with E-state index < -0.39 is 4.92 Å². The summed E-state index contributed by atoms with van der Waals surface area (Å²) in [6.45, 7) is -0.0688. The number of non-ortho nitro benzene ring substituents is 1. The van der Waals surface area contributed by atoms with Crippen molar-refractivity contribution in [2.75, 3.05) is 6.61 Å². The lowest BCUT2D eigenvalue weighted by atomic mass is 10.3. The molecule has 0 spiro atoms. The van der Waals surface area contributed by atoms with E-state index in [-0.39, 0.29) is 12.3 Å². The van der Waals surface area contributed by atoms with Gasteiger partial charge in [-0.2, -0.15) is 0 Å². The summed E-state index contributed by atoms with van der Waals surface area (Å²) < 4.78 is 10.8. The zero-order valence-corrected chi connectivity index (χ0v) is 10.4. The van der Waals surface area contributed by atoms with Crippen molar-refractivity contribution in [3.8, 4) is 17.2 Å². The summed E-state index contributed by atoms with van der Waals surface area (Å²) >= 11 is 0. The fourth-order valence-electron chi connectivity index (χ4n) is 1.54. The number of rotatable bonds is 6. The Labute approximate surface area is 114 Å². The van der Waals surface area contributed by atoms with Crippen LogP contribution in [0, 0.1) is 10.1 Å². The standard InChI is InChI=1S/C14H11NO5/c16-9-10-19-13-3-1-2-4-14(13)20-12-7-5-11(6-8-12)15(17)18/h1-9H,10H2. The first-order valence-corrected chi connectivity index (χ1v) is 5.78. The number of nitrogens with zero attached hydrogens (tertiary/aromatic N) is 1. The summed E-state index contributed by atoms with van der Waals surface area (Å²) in [4.78, 5) is 20.4. The van der Waals surface area contributed by atoms with E-state index in [1.54, 1.807) is 24.3 Å². The smallest absolute Gasteiger partial charge is 0.269 e. The average molecular weight is 273 g/mol. The quantitative estimate of drug-likeness (QED) is 0.459. The van der Waals surface area contributed by atoms with Crippen molar-refractivity contribution in [1.82, 2.24) is 0 Å². The predicted molar refractivity (Wildman–Crippen MR) is 71.2 cm³/mol. The van der Waals surface area contributed by atoms with Gasteiger partial charge in [0.2, 0.25) is 0 Å². The number of carbonyl (C=O) groups excluding carboxylic acids is 1. The number of carbonyl (C=O) groups is 1. The van der Waals surface area contributed by atoms with Gasteiger partial charge in [-0.1, -0.05) is 12.1 Å². The molecule has 0 saturated heterocycles. The van der Waals surface area contributed by atoms with E-state index in [0.29, 0.717) is 23.5 Å². The molecule has 0 fully saturated rings. The van der Waals surface area contributed by atoms with Gasteiger partial charge < -0.3 is 9.47 Å². The van der Waals surface area contributed by atoms with Gasteiger partial charge in [0.1, 0.15) is 12.4 Å². The minimum atomic E-state index is -0.481. The molecule has 0 aromatic heterocycles. The molecule has 0 heterocycles. The molecule has 20 heavy (non-hydrogen) atoms. The topological polar surface area (TPSA) is 78.7 Å². The Bertz CT molecular complexity index is 609. The van der Waals surface area contributed by atoms with Gasteiger partial charge in [-0.25, -0.2) is 0 Å². The van der Waals surface area contributed by atoms with Crippen LogP contribution in [0.3, 0.4) is 0 Å². The Hall–Kier alpha value is -2.89. The van der Waals surface area contributed by atoms with Crippen LogP contribution >= 0.6 is 0 Å². The highest BCUT2D eigenvalue weighted by Crippen LogP contribution is 2.31. The lowest BCUT2D eigenvalue weighted by molar-refractivity contribution is -0.384. The number of hydrogen-bond acceptors (Lipinski definition) is 5. The molecule has 0 aliphatic carbocycles. The van der Waals surface area contributed by atoms with E-state index in [1.807, 2.05) is 0 Å². The number of nitro benzene ring substituents is 1. The molecule has 2 aromatic rings. The summed E-state index contributed by atoms with van der Waals surface area (Å²) in [7, 11) is 0. The van der Waals surface area contributed by atoms with E-state index in [9.17, 15) is 14.9 Å². The average Bonchev–Trinajstić information content (AvgIpc) is 2.47. The lowest BCUT2D eigenvalue weighted by Crippen LogP contribution is -1.99. The molecule has 0 aliphatic heterocycles. The zero-order chi connectivity index (χ0) is 14.4. The van der Waals surface area contributed by atoms with Gasteiger partial charge in [-0.05, 0) is 24.3 Å². The van der Waals surface area contributed by atoms with Gasteiger partial charge in [0.05, 0.1) is 4.92 Å². The Balaban J connectivity index is 2.16. The van der Waals surface area contributed by atoms with Crippen molar-refractivity contribution < 1.29 is 19.2 Å². The highest BCUT2D eigenvalue weighted by Gasteiger charge is 2.08. The lowest BCUT2D eigenvalue weighted by Gasteiger charge is -2.10. The van der Waals surface area contributed by atoms with E-state index in [2.05, 4.69) is 0 Å². The van der Waals surface area contributed by atoms with Gasteiger partial charge in [0.25, 0.3) is 5.69 Å². The molecule has 0 radical (unpaired) electrons. The van der Waals surface area contributed by atoms with Crippen molar-refractivity contribution in [3.05, 3.63) is 58.6 Å². The third kappa shape index (κ3) is 3.32. The molecule has 0 amide bonds. The maximum absolute atomic E-state index is 10.6. The number of para-hydroxylation sites is 2. The van der Waals surface area contributed by atoms with Crippen LogP contribution in [0.5, 0.6) is 17.2 Å². The summed E-state index contributed by atoms with van der Waals surface area (Å²) in [5.41, 5.74) is -0.0113. The first kappa shape index (κ1) is 13.5. The second kappa shape index (κ2) is 6.33. The van der Waals surface area contributed by atoms with Gasteiger partial charge in [0, 0.05) is 12.1 Å². The number of nitro groups is 1. The fourth-order valence-corrected chi connectivity index (χ4v) is 1.54. The van der Waals surface area contributed by atoms with Crippen LogP contribution in [0.1, 0.15) is 0 Å². The van der Waals surface area contributed by atoms with Crippen LogP contribution in [0.4, 0.5) is 5.69 Å². The number of ether oxygens (including phenoxy) is 2. The van der Waals surface area contributed by atoms with Crippen molar-refractivity contribution in [3.63, 3.8) is 0 Å². The minimum absolute atomic E-state index is 0.0113. The Morgan fingerprint density at radius 3 is 2.30 bits per heavy atom. The SMILES string of the molecule is O=CCOc1ccccc1Oc1ccc([N+](=O)[O-])cc1. The van der Waals surface area contributed by atoms with Crippen LogP contribution in [-0.4, -0.2) is 17.8 Å². The normalized spacial score (nSPS) is 9.80. The first-order chi connectivity index (χ1) is 9.70. The predicted octanol–water partition coefficient (Wildman–Crippen LogP) is 2.96. The molecule has 0 atom stereocenters. The van der Waals surface area contributed by atoms with Crippen molar-refractivity contribution >= 4 is 12.0 Å². The number of benzene rings is 2. The minimum Gasteiger partial charge on any atom is -0.482 e. The third-order valence-corrected chi connectivity index (χ3v) is 2.43. The van der Waals surface area contributed by atoms with Gasteiger partial charge in [-0.15, -0.1) is 0 Å². The Morgan fingerprint density at radius 2 is 1.70 bits per heavy atom. The molecule has 2 aromatic carbocycles.